The van der Waals surface area contributed by atoms with Crippen LogP contribution in [-0.2, 0) is 4.79 Å². The molecule has 0 bridgehead atoms. The van der Waals surface area contributed by atoms with E-state index in [-0.39, 0.29) is 0 Å². The lowest BCUT2D eigenvalue weighted by Crippen LogP contribution is -2.15. The van der Waals surface area contributed by atoms with Crippen molar-refractivity contribution in [2.75, 3.05) is 13.7 Å². The van der Waals surface area contributed by atoms with Gasteiger partial charge < -0.3 is 14.6 Å². The molecule has 0 amide bonds. The molecule has 1 N–H and O–H groups in total. The van der Waals surface area contributed by atoms with E-state index < -0.39 is 11.9 Å². The highest BCUT2D eigenvalue weighted by Gasteiger charge is 2.20. The van der Waals surface area contributed by atoms with E-state index in [2.05, 4.69) is 0 Å². The van der Waals surface area contributed by atoms with Crippen LogP contribution in [0.25, 0.3) is 0 Å². The maximum Gasteiger partial charge on any atom is 0.311 e. The van der Waals surface area contributed by atoms with Crippen LogP contribution in [0.15, 0.2) is 42.5 Å². The van der Waals surface area contributed by atoms with Crippen LogP contribution in [0, 0.1) is 13.8 Å². The zero-order chi connectivity index (χ0) is 16.8. The van der Waals surface area contributed by atoms with Crippen LogP contribution in [0.3, 0.4) is 0 Å². The number of rotatable bonds is 7. The summed E-state index contributed by atoms with van der Waals surface area (Å²) in [6.45, 7) is 4.41. The Morgan fingerprint density at radius 3 is 2.52 bits per heavy atom. The minimum absolute atomic E-state index is 0.344. The minimum atomic E-state index is -0.859. The van der Waals surface area contributed by atoms with Gasteiger partial charge in [-0.15, -0.1) is 0 Å². The van der Waals surface area contributed by atoms with E-state index in [1.807, 2.05) is 32.0 Å². The molecule has 0 aliphatic rings. The molecule has 0 spiro atoms. The van der Waals surface area contributed by atoms with Crippen molar-refractivity contribution in [2.45, 2.75) is 26.2 Å². The van der Waals surface area contributed by atoms with E-state index in [1.165, 1.54) is 5.56 Å². The van der Waals surface area contributed by atoms with Gasteiger partial charge in [-0.05, 0) is 61.2 Å². The summed E-state index contributed by atoms with van der Waals surface area (Å²) in [6.07, 6.45) is 0.398. The highest BCUT2D eigenvalue weighted by atomic mass is 16.5. The van der Waals surface area contributed by atoms with Crippen molar-refractivity contribution in [3.8, 4) is 11.5 Å². The van der Waals surface area contributed by atoms with Gasteiger partial charge in [0.15, 0.2) is 0 Å². The molecule has 1 unspecified atom stereocenters. The molecule has 0 aromatic heterocycles. The third-order valence-electron chi connectivity index (χ3n) is 3.95. The molecule has 0 radical (unpaired) electrons. The number of methoxy groups -OCH3 is 1. The Bertz CT molecular complexity index is 679. The maximum atomic E-state index is 11.5. The fraction of sp³-hybridized carbons (Fsp3) is 0.316. The van der Waals surface area contributed by atoms with E-state index in [0.29, 0.717) is 18.8 Å². The van der Waals surface area contributed by atoms with Gasteiger partial charge in [-0.2, -0.15) is 0 Å². The SMILES string of the molecule is COc1cccc(C(CCOc2ccc(C)c(C)c2)C(=O)O)c1. The number of carboxylic acids is 1. The topological polar surface area (TPSA) is 55.8 Å². The van der Waals surface area contributed by atoms with Crippen LogP contribution in [0.5, 0.6) is 11.5 Å². The van der Waals surface area contributed by atoms with Gasteiger partial charge in [-0.1, -0.05) is 18.2 Å². The molecule has 1 atom stereocenters. The van der Waals surface area contributed by atoms with Gasteiger partial charge in [-0.3, -0.25) is 4.79 Å². The Hall–Kier alpha value is -2.49. The van der Waals surface area contributed by atoms with E-state index in [1.54, 1.807) is 31.4 Å². The first-order valence-electron chi connectivity index (χ1n) is 7.58. The molecule has 23 heavy (non-hydrogen) atoms. The molecule has 0 saturated heterocycles. The van der Waals surface area contributed by atoms with Crippen LogP contribution in [0.1, 0.15) is 29.0 Å². The van der Waals surface area contributed by atoms with Crippen molar-refractivity contribution in [3.05, 3.63) is 59.2 Å². The summed E-state index contributed by atoms with van der Waals surface area (Å²) in [5.41, 5.74) is 3.09. The molecule has 2 aromatic carbocycles. The number of hydrogen-bond acceptors (Lipinski definition) is 3. The van der Waals surface area contributed by atoms with Crippen molar-refractivity contribution in [2.24, 2.45) is 0 Å². The first kappa shape index (κ1) is 16.9. The number of aryl methyl sites for hydroxylation is 2. The highest BCUT2D eigenvalue weighted by Crippen LogP contribution is 2.25. The monoisotopic (exact) mass is 314 g/mol. The molecule has 0 aliphatic heterocycles. The second-order valence-electron chi connectivity index (χ2n) is 5.55. The van der Waals surface area contributed by atoms with E-state index in [4.69, 9.17) is 9.47 Å². The van der Waals surface area contributed by atoms with Gasteiger partial charge in [0.2, 0.25) is 0 Å². The third-order valence-corrected chi connectivity index (χ3v) is 3.95. The quantitative estimate of drug-likeness (QED) is 0.840. The van der Waals surface area contributed by atoms with E-state index >= 15 is 0 Å². The second kappa shape index (κ2) is 7.68. The van der Waals surface area contributed by atoms with Crippen LogP contribution >= 0.6 is 0 Å². The number of aliphatic carboxylic acids is 1. The molecule has 0 fully saturated rings. The largest absolute Gasteiger partial charge is 0.497 e. The number of ether oxygens (including phenoxy) is 2. The van der Waals surface area contributed by atoms with Gasteiger partial charge in [0.05, 0.1) is 19.6 Å². The lowest BCUT2D eigenvalue weighted by Gasteiger charge is -2.15. The Kier molecular flexibility index (Phi) is 5.63. The lowest BCUT2D eigenvalue weighted by atomic mass is 9.96. The molecule has 2 rings (SSSR count). The molecule has 122 valence electrons. The first-order chi connectivity index (χ1) is 11.0. The Morgan fingerprint density at radius 2 is 1.87 bits per heavy atom. The smallest absolute Gasteiger partial charge is 0.311 e. The van der Waals surface area contributed by atoms with Crippen LogP contribution < -0.4 is 9.47 Å². The zero-order valence-corrected chi connectivity index (χ0v) is 13.7. The van der Waals surface area contributed by atoms with Gasteiger partial charge in [0.1, 0.15) is 11.5 Å². The third kappa shape index (κ3) is 4.49. The first-order valence-corrected chi connectivity index (χ1v) is 7.58. The fourth-order valence-electron chi connectivity index (χ4n) is 2.39. The summed E-state index contributed by atoms with van der Waals surface area (Å²) in [5, 5.41) is 9.47. The fourth-order valence-corrected chi connectivity index (χ4v) is 2.39. The van der Waals surface area contributed by atoms with Gasteiger partial charge in [0.25, 0.3) is 0 Å². The molecule has 2 aromatic rings. The number of hydrogen-bond donors (Lipinski definition) is 1. The van der Waals surface area contributed by atoms with Gasteiger partial charge >= 0.3 is 5.97 Å². The van der Waals surface area contributed by atoms with Crippen molar-refractivity contribution in [3.63, 3.8) is 0 Å². The molecular weight excluding hydrogens is 292 g/mol. The number of benzene rings is 2. The standard InChI is InChI=1S/C19H22O4/c1-13-7-8-17(11-14(13)2)23-10-9-18(19(20)21)15-5-4-6-16(12-15)22-3/h4-8,11-12,18H,9-10H2,1-3H3,(H,20,21). The molecule has 4 heteroatoms. The van der Waals surface area contributed by atoms with Gasteiger partial charge in [-0.25, -0.2) is 0 Å². The predicted molar refractivity (Wildman–Crippen MR) is 89.4 cm³/mol. The Morgan fingerprint density at radius 1 is 1.09 bits per heavy atom. The molecular formula is C19H22O4. The van der Waals surface area contributed by atoms with Crippen molar-refractivity contribution in [1.82, 2.24) is 0 Å². The summed E-state index contributed by atoms with van der Waals surface area (Å²) in [5.74, 6) is -0.0507. The summed E-state index contributed by atoms with van der Waals surface area (Å²) in [4.78, 5) is 11.5. The lowest BCUT2D eigenvalue weighted by molar-refractivity contribution is -0.139. The molecule has 4 nitrogen and oxygen atoms in total. The maximum absolute atomic E-state index is 11.5. The highest BCUT2D eigenvalue weighted by molar-refractivity contribution is 5.76. The second-order valence-corrected chi connectivity index (χ2v) is 5.55. The van der Waals surface area contributed by atoms with Crippen molar-refractivity contribution >= 4 is 5.97 Å². The average molecular weight is 314 g/mol. The molecule has 0 saturated carbocycles. The Balaban J connectivity index is 2.02. The average Bonchev–Trinajstić information content (AvgIpc) is 2.54. The minimum Gasteiger partial charge on any atom is -0.497 e. The summed E-state index contributed by atoms with van der Waals surface area (Å²) in [7, 11) is 1.57. The summed E-state index contributed by atoms with van der Waals surface area (Å²) in [6, 6.07) is 13.0. The van der Waals surface area contributed by atoms with Crippen LogP contribution in [0.4, 0.5) is 0 Å². The van der Waals surface area contributed by atoms with Gasteiger partial charge in [0, 0.05) is 0 Å². The zero-order valence-electron chi connectivity index (χ0n) is 13.7. The molecule has 0 heterocycles. The normalized spacial score (nSPS) is 11.8. The molecule has 0 aliphatic carbocycles. The summed E-state index contributed by atoms with van der Waals surface area (Å²) >= 11 is 0. The van der Waals surface area contributed by atoms with Crippen LogP contribution in [0.2, 0.25) is 0 Å². The summed E-state index contributed by atoms with van der Waals surface area (Å²) < 4.78 is 10.9. The van der Waals surface area contributed by atoms with E-state index in [0.717, 1.165) is 16.9 Å². The van der Waals surface area contributed by atoms with Crippen LogP contribution in [-0.4, -0.2) is 24.8 Å². The van der Waals surface area contributed by atoms with Crippen molar-refractivity contribution < 1.29 is 19.4 Å². The number of carboxylic acid groups (broad SMARTS) is 1. The van der Waals surface area contributed by atoms with Crippen molar-refractivity contribution in [1.29, 1.82) is 0 Å². The Labute approximate surface area is 136 Å². The number of carbonyl (C=O) groups is 1. The predicted octanol–water partition coefficient (Wildman–Crippen LogP) is 3.95. The van der Waals surface area contributed by atoms with E-state index in [9.17, 15) is 9.90 Å².